The van der Waals surface area contributed by atoms with Gasteiger partial charge in [-0.3, -0.25) is 9.59 Å². The van der Waals surface area contributed by atoms with Crippen molar-refractivity contribution in [2.75, 3.05) is 18.6 Å². The second kappa shape index (κ2) is 4.41. The highest BCUT2D eigenvalue weighted by Crippen LogP contribution is 2.52. The summed E-state index contributed by atoms with van der Waals surface area (Å²) in [6, 6.07) is 6.83. The van der Waals surface area contributed by atoms with E-state index in [1.165, 1.54) is 12.0 Å². The van der Waals surface area contributed by atoms with E-state index in [-0.39, 0.29) is 18.4 Å². The zero-order valence-electron chi connectivity index (χ0n) is 11.9. The van der Waals surface area contributed by atoms with Crippen molar-refractivity contribution in [2.24, 2.45) is 11.8 Å². The van der Waals surface area contributed by atoms with Gasteiger partial charge >= 0.3 is 0 Å². The number of anilines is 1. The lowest BCUT2D eigenvalue weighted by Crippen LogP contribution is -2.43. The van der Waals surface area contributed by atoms with Crippen LogP contribution in [0.3, 0.4) is 0 Å². The van der Waals surface area contributed by atoms with E-state index in [4.69, 9.17) is 9.47 Å². The third-order valence-electron chi connectivity index (χ3n) is 4.71. The molecule has 0 unspecified atom stereocenters. The molecule has 2 saturated heterocycles. The van der Waals surface area contributed by atoms with Gasteiger partial charge in [0.15, 0.2) is 0 Å². The van der Waals surface area contributed by atoms with E-state index in [0.29, 0.717) is 11.4 Å². The summed E-state index contributed by atoms with van der Waals surface area (Å²) < 4.78 is 10.8. The molecule has 2 fully saturated rings. The number of imide groups is 1. The Kier molecular flexibility index (Phi) is 2.70. The molecule has 22 heavy (non-hydrogen) atoms. The number of ether oxygens (including phenoxy) is 2. The Morgan fingerprint density at radius 2 is 2.18 bits per heavy atom. The first kappa shape index (κ1) is 13.5. The van der Waals surface area contributed by atoms with Gasteiger partial charge in [-0.15, -0.1) is 0 Å². The Hall–Kier alpha value is -2.18. The van der Waals surface area contributed by atoms with Crippen LogP contribution < -0.4 is 9.64 Å². The lowest BCUT2D eigenvalue weighted by molar-refractivity contribution is -0.128. The Balaban J connectivity index is 1.76. The minimum atomic E-state index is -1.06. The minimum absolute atomic E-state index is 0.284. The lowest BCUT2D eigenvalue weighted by Gasteiger charge is -2.26. The zero-order valence-corrected chi connectivity index (χ0v) is 11.9. The number of fused-ring (bicyclic) bond motifs is 5. The summed E-state index contributed by atoms with van der Waals surface area (Å²) in [7, 11) is 1.53. The van der Waals surface area contributed by atoms with Crippen molar-refractivity contribution in [3.8, 4) is 5.75 Å². The average Bonchev–Trinajstić information content (AvgIpc) is 3.18. The average molecular weight is 301 g/mol. The summed E-state index contributed by atoms with van der Waals surface area (Å²) >= 11 is 0. The SMILES string of the molecule is COc1cccc(N2C(=O)[C@@H]3[C@@H]4C=C[C@@](CO)(O4)[C@@H]3C2=O)c1. The van der Waals surface area contributed by atoms with Crippen LogP contribution in [-0.4, -0.2) is 42.3 Å². The molecule has 3 aliphatic rings. The van der Waals surface area contributed by atoms with Gasteiger partial charge in [-0.2, -0.15) is 0 Å². The quantitative estimate of drug-likeness (QED) is 0.650. The predicted molar refractivity (Wildman–Crippen MR) is 76.3 cm³/mol. The Morgan fingerprint density at radius 3 is 2.91 bits per heavy atom. The normalized spacial score (nSPS) is 35.4. The number of rotatable bonds is 3. The molecule has 0 aliphatic carbocycles. The van der Waals surface area contributed by atoms with E-state index < -0.39 is 23.5 Å². The minimum Gasteiger partial charge on any atom is -0.497 e. The molecule has 2 amide bonds. The maximum absolute atomic E-state index is 12.8. The van der Waals surface area contributed by atoms with E-state index >= 15 is 0 Å². The van der Waals surface area contributed by atoms with Crippen molar-refractivity contribution in [3.63, 3.8) is 0 Å². The first-order valence-electron chi connectivity index (χ1n) is 7.11. The van der Waals surface area contributed by atoms with E-state index in [0.717, 1.165) is 0 Å². The van der Waals surface area contributed by atoms with Crippen LogP contribution in [0, 0.1) is 11.8 Å². The van der Waals surface area contributed by atoms with Crippen LogP contribution in [-0.2, 0) is 14.3 Å². The number of nitrogens with zero attached hydrogens (tertiary/aromatic N) is 1. The highest BCUT2D eigenvalue weighted by Gasteiger charge is 2.67. The number of methoxy groups -OCH3 is 1. The van der Waals surface area contributed by atoms with Crippen molar-refractivity contribution in [1.82, 2.24) is 0 Å². The number of carbonyl (C=O) groups excluding carboxylic acids is 2. The molecule has 0 radical (unpaired) electrons. The van der Waals surface area contributed by atoms with Gasteiger partial charge in [0.25, 0.3) is 0 Å². The van der Waals surface area contributed by atoms with Crippen LogP contribution in [0.15, 0.2) is 36.4 Å². The van der Waals surface area contributed by atoms with Gasteiger partial charge in [-0.1, -0.05) is 18.2 Å². The van der Waals surface area contributed by atoms with Crippen LogP contribution in [0.2, 0.25) is 0 Å². The van der Waals surface area contributed by atoms with Crippen molar-refractivity contribution in [3.05, 3.63) is 36.4 Å². The fourth-order valence-corrected chi connectivity index (χ4v) is 3.69. The van der Waals surface area contributed by atoms with Crippen LogP contribution in [0.25, 0.3) is 0 Å². The van der Waals surface area contributed by atoms with Gasteiger partial charge in [-0.05, 0) is 12.1 Å². The number of benzene rings is 1. The summed E-state index contributed by atoms with van der Waals surface area (Å²) in [5.41, 5.74) is -0.577. The molecule has 1 aromatic carbocycles. The van der Waals surface area contributed by atoms with Crippen LogP contribution in [0.5, 0.6) is 5.75 Å². The van der Waals surface area contributed by atoms with Crippen LogP contribution >= 0.6 is 0 Å². The molecule has 0 spiro atoms. The molecule has 3 aliphatic heterocycles. The van der Waals surface area contributed by atoms with E-state index in [1.54, 1.807) is 36.4 Å². The van der Waals surface area contributed by atoms with Crippen LogP contribution in [0.1, 0.15) is 0 Å². The van der Waals surface area contributed by atoms with Crippen molar-refractivity contribution in [1.29, 1.82) is 0 Å². The molecule has 114 valence electrons. The smallest absolute Gasteiger partial charge is 0.241 e. The fourth-order valence-electron chi connectivity index (χ4n) is 3.69. The topological polar surface area (TPSA) is 76.1 Å². The summed E-state index contributed by atoms with van der Waals surface area (Å²) in [5.74, 6) is -1.26. The molecular formula is C16H15NO5. The Labute approximate surface area is 126 Å². The van der Waals surface area contributed by atoms with Gasteiger partial charge in [0, 0.05) is 6.07 Å². The number of hydrogen-bond donors (Lipinski definition) is 1. The number of hydrogen-bond acceptors (Lipinski definition) is 5. The predicted octanol–water partition coefficient (Wildman–Crippen LogP) is 0.500. The summed E-state index contributed by atoms with van der Waals surface area (Å²) in [6.45, 7) is -0.313. The lowest BCUT2D eigenvalue weighted by atomic mass is 9.77. The number of carbonyl (C=O) groups is 2. The molecule has 6 nitrogen and oxygen atoms in total. The van der Waals surface area contributed by atoms with Gasteiger partial charge in [0.1, 0.15) is 11.4 Å². The maximum Gasteiger partial charge on any atom is 0.241 e. The standard InChI is InChI=1S/C16H15NO5/c1-21-10-4-2-3-9(7-10)17-14(19)12-11-5-6-16(8-18,22-11)13(12)15(17)20/h2-7,11-13,18H,8H2,1H3/t11-,12+,13-,16-/m0/s1. The second-order valence-corrected chi connectivity index (χ2v) is 5.77. The summed E-state index contributed by atoms with van der Waals surface area (Å²) in [4.78, 5) is 26.7. The van der Waals surface area contributed by atoms with E-state index in [2.05, 4.69) is 0 Å². The third kappa shape index (κ3) is 1.51. The monoisotopic (exact) mass is 301 g/mol. The summed E-state index contributed by atoms with van der Waals surface area (Å²) in [6.07, 6.45) is 3.03. The molecule has 1 aromatic rings. The largest absolute Gasteiger partial charge is 0.497 e. The van der Waals surface area contributed by atoms with Crippen molar-refractivity contribution >= 4 is 17.5 Å². The van der Waals surface area contributed by atoms with E-state index in [1.807, 2.05) is 0 Å². The molecule has 4 rings (SSSR count). The number of amides is 2. The molecule has 3 heterocycles. The molecule has 2 bridgehead atoms. The summed E-state index contributed by atoms with van der Waals surface area (Å²) in [5, 5.41) is 9.66. The van der Waals surface area contributed by atoms with E-state index in [9.17, 15) is 14.7 Å². The Bertz CT molecular complexity index is 700. The fraction of sp³-hybridized carbons (Fsp3) is 0.375. The first-order valence-corrected chi connectivity index (χ1v) is 7.11. The van der Waals surface area contributed by atoms with Gasteiger partial charge in [-0.25, -0.2) is 4.90 Å². The van der Waals surface area contributed by atoms with Crippen molar-refractivity contribution in [2.45, 2.75) is 11.7 Å². The zero-order chi connectivity index (χ0) is 15.5. The number of aliphatic hydroxyl groups excluding tert-OH is 1. The molecule has 1 N–H and O–H groups in total. The molecule has 0 aromatic heterocycles. The van der Waals surface area contributed by atoms with Gasteiger partial charge in [0.2, 0.25) is 11.8 Å². The third-order valence-corrected chi connectivity index (χ3v) is 4.71. The van der Waals surface area contributed by atoms with Gasteiger partial charge in [0.05, 0.1) is 37.3 Å². The molecular weight excluding hydrogens is 286 g/mol. The molecule has 4 atom stereocenters. The first-order chi connectivity index (χ1) is 10.6. The number of aliphatic hydroxyl groups is 1. The molecule has 0 saturated carbocycles. The highest BCUT2D eigenvalue weighted by molar-refractivity contribution is 6.23. The Morgan fingerprint density at radius 1 is 1.36 bits per heavy atom. The van der Waals surface area contributed by atoms with Crippen LogP contribution in [0.4, 0.5) is 5.69 Å². The second-order valence-electron chi connectivity index (χ2n) is 5.77. The maximum atomic E-state index is 12.8. The highest BCUT2D eigenvalue weighted by atomic mass is 16.5. The molecule has 6 heteroatoms. The van der Waals surface area contributed by atoms with Crippen molar-refractivity contribution < 1.29 is 24.2 Å². The van der Waals surface area contributed by atoms with Gasteiger partial charge < -0.3 is 14.6 Å².